The van der Waals surface area contributed by atoms with Gasteiger partial charge in [-0.1, -0.05) is 23.4 Å². The molecule has 0 aliphatic carbocycles. The van der Waals surface area contributed by atoms with Gasteiger partial charge in [-0.2, -0.15) is 0 Å². The lowest BCUT2D eigenvalue weighted by Gasteiger charge is -2.05. The number of carbonyl (C=O) groups excluding carboxylic acids is 1. The van der Waals surface area contributed by atoms with Crippen LogP contribution >= 0.6 is 11.6 Å². The van der Waals surface area contributed by atoms with Crippen LogP contribution in [0.2, 0.25) is 5.02 Å². The number of aromatic nitrogens is 1. The van der Waals surface area contributed by atoms with Crippen molar-refractivity contribution < 1.29 is 14.3 Å². The summed E-state index contributed by atoms with van der Waals surface area (Å²) in [6.07, 6.45) is 1.43. The molecule has 2 rings (SSSR count). The van der Waals surface area contributed by atoms with Crippen molar-refractivity contribution in [3.63, 3.8) is 0 Å². The van der Waals surface area contributed by atoms with Crippen LogP contribution < -0.4 is 5.32 Å². The summed E-state index contributed by atoms with van der Waals surface area (Å²) in [6.45, 7) is -0.242. The number of benzene rings is 1. The van der Waals surface area contributed by atoms with Crippen LogP contribution in [0, 0.1) is 17.7 Å². The Morgan fingerprint density at radius 3 is 2.81 bits per heavy atom. The summed E-state index contributed by atoms with van der Waals surface area (Å²) in [5.41, 5.74) is 1.15. The Morgan fingerprint density at radius 1 is 1.38 bits per heavy atom. The van der Waals surface area contributed by atoms with E-state index < -0.39 is 11.7 Å². The summed E-state index contributed by atoms with van der Waals surface area (Å²) in [5, 5.41) is 11.1. The molecule has 1 heterocycles. The quantitative estimate of drug-likeness (QED) is 0.838. The minimum atomic E-state index is -0.556. The van der Waals surface area contributed by atoms with Gasteiger partial charge in [0.25, 0.3) is 5.91 Å². The highest BCUT2D eigenvalue weighted by atomic mass is 35.5. The van der Waals surface area contributed by atoms with Crippen molar-refractivity contribution >= 4 is 23.2 Å². The van der Waals surface area contributed by atoms with Gasteiger partial charge in [0.2, 0.25) is 0 Å². The van der Waals surface area contributed by atoms with Crippen LogP contribution in [0.25, 0.3) is 0 Å². The van der Waals surface area contributed by atoms with E-state index in [9.17, 15) is 9.18 Å². The Bertz CT molecular complexity index is 721. The lowest BCUT2D eigenvalue weighted by molar-refractivity contribution is 0.102. The first-order chi connectivity index (χ1) is 10.1. The third-order valence-electron chi connectivity index (χ3n) is 2.49. The van der Waals surface area contributed by atoms with Gasteiger partial charge in [-0.15, -0.1) is 0 Å². The molecule has 106 valence electrons. The fourth-order valence-corrected chi connectivity index (χ4v) is 1.69. The van der Waals surface area contributed by atoms with E-state index in [1.165, 1.54) is 30.5 Å². The Balaban J connectivity index is 2.11. The van der Waals surface area contributed by atoms with Crippen molar-refractivity contribution in [2.45, 2.75) is 0 Å². The maximum atomic E-state index is 13.0. The second kappa shape index (κ2) is 6.84. The molecule has 0 saturated heterocycles. The molecular formula is C15H10ClFN2O2. The molecule has 1 aromatic carbocycles. The highest BCUT2D eigenvalue weighted by Gasteiger charge is 2.08. The fourth-order valence-electron chi connectivity index (χ4n) is 1.51. The SMILES string of the molecule is O=C(Nc1ccc(F)c(Cl)c1)c1ccc(C#CCO)cn1. The zero-order valence-corrected chi connectivity index (χ0v) is 11.5. The number of hydrogen-bond donors (Lipinski definition) is 2. The molecule has 0 atom stereocenters. The molecule has 0 radical (unpaired) electrons. The summed E-state index contributed by atoms with van der Waals surface area (Å²) < 4.78 is 13.0. The lowest BCUT2D eigenvalue weighted by Crippen LogP contribution is -2.13. The number of carbonyl (C=O) groups is 1. The third kappa shape index (κ3) is 4.02. The summed E-state index contributed by atoms with van der Waals surface area (Å²) in [7, 11) is 0. The van der Waals surface area contributed by atoms with E-state index in [0.29, 0.717) is 11.3 Å². The van der Waals surface area contributed by atoms with Gasteiger partial charge >= 0.3 is 0 Å². The standard InChI is InChI=1S/C15H10ClFN2O2/c16-12-8-11(4-5-13(12)17)19-15(21)14-6-3-10(9-18-14)2-1-7-20/h3-6,8-9,20H,7H2,(H,19,21). The molecule has 0 saturated carbocycles. The van der Waals surface area contributed by atoms with Gasteiger partial charge in [0.05, 0.1) is 5.02 Å². The van der Waals surface area contributed by atoms with Gasteiger partial charge in [-0.3, -0.25) is 4.79 Å². The molecule has 4 nitrogen and oxygen atoms in total. The van der Waals surface area contributed by atoms with E-state index in [1.54, 1.807) is 6.07 Å². The Morgan fingerprint density at radius 2 is 2.19 bits per heavy atom. The van der Waals surface area contributed by atoms with Crippen LogP contribution in [0.5, 0.6) is 0 Å². The van der Waals surface area contributed by atoms with E-state index in [1.807, 2.05) is 0 Å². The Labute approximate surface area is 125 Å². The number of aliphatic hydroxyl groups excluding tert-OH is 1. The number of amides is 1. The molecule has 0 fully saturated rings. The molecule has 0 bridgehead atoms. The average molecular weight is 305 g/mol. The van der Waals surface area contributed by atoms with Crippen LogP contribution in [-0.2, 0) is 0 Å². The minimum absolute atomic E-state index is 0.0737. The predicted molar refractivity (Wildman–Crippen MR) is 77.6 cm³/mol. The van der Waals surface area contributed by atoms with Gasteiger partial charge in [-0.25, -0.2) is 9.37 Å². The molecule has 0 aliphatic rings. The number of pyridine rings is 1. The van der Waals surface area contributed by atoms with Crippen molar-refractivity contribution in [1.82, 2.24) is 4.98 Å². The van der Waals surface area contributed by atoms with Crippen LogP contribution in [0.15, 0.2) is 36.5 Å². The highest BCUT2D eigenvalue weighted by molar-refractivity contribution is 6.31. The normalized spacial score (nSPS) is 9.67. The van der Waals surface area contributed by atoms with Gasteiger partial charge in [0.1, 0.15) is 18.1 Å². The number of nitrogens with one attached hydrogen (secondary N) is 1. The van der Waals surface area contributed by atoms with Crippen LogP contribution in [-0.4, -0.2) is 22.6 Å². The summed E-state index contributed by atoms with van der Waals surface area (Å²) >= 11 is 5.64. The molecular weight excluding hydrogens is 295 g/mol. The fraction of sp³-hybridized carbons (Fsp3) is 0.0667. The molecule has 0 aliphatic heterocycles. The summed E-state index contributed by atoms with van der Waals surface area (Å²) in [4.78, 5) is 15.9. The van der Waals surface area contributed by atoms with Gasteiger partial charge in [0, 0.05) is 17.4 Å². The second-order valence-corrected chi connectivity index (χ2v) is 4.38. The highest BCUT2D eigenvalue weighted by Crippen LogP contribution is 2.19. The predicted octanol–water partition coefficient (Wildman–Crippen LogP) is 2.47. The van der Waals surface area contributed by atoms with Gasteiger partial charge in [0.15, 0.2) is 0 Å². The Kier molecular flexibility index (Phi) is 4.88. The maximum absolute atomic E-state index is 13.0. The molecule has 6 heteroatoms. The van der Waals surface area contributed by atoms with E-state index in [0.717, 1.165) is 0 Å². The topological polar surface area (TPSA) is 62.2 Å². The number of aliphatic hydroxyl groups is 1. The zero-order chi connectivity index (χ0) is 15.2. The zero-order valence-electron chi connectivity index (χ0n) is 10.7. The van der Waals surface area contributed by atoms with E-state index in [2.05, 4.69) is 22.1 Å². The number of rotatable bonds is 2. The van der Waals surface area contributed by atoms with E-state index in [4.69, 9.17) is 16.7 Å². The van der Waals surface area contributed by atoms with Crippen molar-refractivity contribution in [2.75, 3.05) is 11.9 Å². The van der Waals surface area contributed by atoms with Crippen molar-refractivity contribution in [1.29, 1.82) is 0 Å². The second-order valence-electron chi connectivity index (χ2n) is 3.98. The molecule has 2 N–H and O–H groups in total. The number of nitrogens with zero attached hydrogens (tertiary/aromatic N) is 1. The van der Waals surface area contributed by atoms with Crippen LogP contribution in [0.4, 0.5) is 10.1 Å². The first kappa shape index (κ1) is 15.0. The average Bonchev–Trinajstić information content (AvgIpc) is 2.49. The Hall–Kier alpha value is -2.42. The number of hydrogen-bond acceptors (Lipinski definition) is 3. The first-order valence-corrected chi connectivity index (χ1v) is 6.30. The summed E-state index contributed by atoms with van der Waals surface area (Å²) in [6, 6.07) is 7.00. The first-order valence-electron chi connectivity index (χ1n) is 5.92. The van der Waals surface area contributed by atoms with Gasteiger partial charge in [-0.05, 0) is 30.3 Å². The maximum Gasteiger partial charge on any atom is 0.274 e. The minimum Gasteiger partial charge on any atom is -0.384 e. The van der Waals surface area contributed by atoms with Crippen LogP contribution in [0.1, 0.15) is 16.1 Å². The summed E-state index contributed by atoms with van der Waals surface area (Å²) in [5.74, 6) is 4.15. The molecule has 2 aromatic rings. The van der Waals surface area contributed by atoms with E-state index >= 15 is 0 Å². The van der Waals surface area contributed by atoms with Crippen LogP contribution in [0.3, 0.4) is 0 Å². The largest absolute Gasteiger partial charge is 0.384 e. The molecule has 1 amide bonds. The third-order valence-corrected chi connectivity index (χ3v) is 2.78. The lowest BCUT2D eigenvalue weighted by atomic mass is 10.2. The molecule has 21 heavy (non-hydrogen) atoms. The molecule has 0 spiro atoms. The monoisotopic (exact) mass is 304 g/mol. The van der Waals surface area contributed by atoms with Gasteiger partial charge < -0.3 is 10.4 Å². The van der Waals surface area contributed by atoms with Crippen molar-refractivity contribution in [3.8, 4) is 11.8 Å². The van der Waals surface area contributed by atoms with E-state index in [-0.39, 0.29) is 17.3 Å². The smallest absolute Gasteiger partial charge is 0.274 e. The number of halogens is 2. The molecule has 1 aromatic heterocycles. The van der Waals surface area contributed by atoms with Crippen molar-refractivity contribution in [2.24, 2.45) is 0 Å². The van der Waals surface area contributed by atoms with Crippen molar-refractivity contribution in [3.05, 3.63) is 58.6 Å². The number of anilines is 1. The molecule has 0 unspecified atom stereocenters.